The number of hydrogen-bond acceptors (Lipinski definition) is 3. The summed E-state index contributed by atoms with van der Waals surface area (Å²) in [7, 11) is 0. The Morgan fingerprint density at radius 3 is 3.18 bits per heavy atom. The number of nitrogens with one attached hydrogen (secondary N) is 1. The van der Waals surface area contributed by atoms with Gasteiger partial charge in [-0.15, -0.1) is 0 Å². The topological polar surface area (TPSA) is 55.1 Å². The lowest BCUT2D eigenvalue weighted by Crippen LogP contribution is -2.24. The Hall–Kier alpha value is -1.39. The van der Waals surface area contributed by atoms with Crippen LogP contribution >= 0.6 is 0 Å². The normalized spacial score (nSPS) is 9.55. The zero-order valence-electron chi connectivity index (χ0n) is 5.71. The number of aromatic nitrogens is 1. The number of rotatable bonds is 3. The highest BCUT2D eigenvalue weighted by molar-refractivity contribution is 5.90. The standard InChI is InChI=1S/C6H7FN2O2/c7-1-2-9-6(10)5-3-8-4-11-5/h3-4H,1-2H2,(H,9,10). The third-order valence-electron chi connectivity index (χ3n) is 1.04. The first-order valence-electron chi connectivity index (χ1n) is 3.07. The van der Waals surface area contributed by atoms with E-state index in [2.05, 4.69) is 14.7 Å². The van der Waals surface area contributed by atoms with Crippen LogP contribution in [0.4, 0.5) is 4.39 Å². The average molecular weight is 158 g/mol. The van der Waals surface area contributed by atoms with Gasteiger partial charge in [-0.1, -0.05) is 0 Å². The lowest BCUT2D eigenvalue weighted by Gasteiger charge is -1.96. The van der Waals surface area contributed by atoms with E-state index in [9.17, 15) is 9.18 Å². The van der Waals surface area contributed by atoms with Gasteiger partial charge < -0.3 is 9.73 Å². The predicted octanol–water partition coefficient (Wildman–Crippen LogP) is 0.374. The Balaban J connectivity index is 2.43. The van der Waals surface area contributed by atoms with E-state index >= 15 is 0 Å². The molecule has 1 amide bonds. The molecule has 1 aromatic heterocycles. The number of nitrogens with zero attached hydrogens (tertiary/aromatic N) is 1. The Bertz CT molecular complexity index is 222. The minimum absolute atomic E-state index is 0.000463. The summed E-state index contributed by atoms with van der Waals surface area (Å²) < 4.78 is 16.2. The van der Waals surface area contributed by atoms with Crippen molar-refractivity contribution in [3.05, 3.63) is 18.4 Å². The molecule has 0 aliphatic heterocycles. The second-order valence-electron chi connectivity index (χ2n) is 1.81. The van der Waals surface area contributed by atoms with Gasteiger partial charge in [-0.25, -0.2) is 9.37 Å². The molecule has 0 aliphatic rings. The quantitative estimate of drug-likeness (QED) is 0.691. The van der Waals surface area contributed by atoms with Gasteiger partial charge in [0.25, 0.3) is 5.91 Å². The molecule has 0 atom stereocenters. The molecule has 11 heavy (non-hydrogen) atoms. The van der Waals surface area contributed by atoms with Crippen molar-refractivity contribution in [2.75, 3.05) is 13.2 Å². The van der Waals surface area contributed by atoms with Crippen LogP contribution in [0.15, 0.2) is 17.0 Å². The molecule has 0 saturated carbocycles. The van der Waals surface area contributed by atoms with Crippen LogP contribution in [0, 0.1) is 0 Å². The van der Waals surface area contributed by atoms with E-state index in [0.29, 0.717) is 0 Å². The van der Waals surface area contributed by atoms with Crippen LogP contribution in [0.1, 0.15) is 10.6 Å². The Morgan fingerprint density at radius 1 is 1.82 bits per heavy atom. The van der Waals surface area contributed by atoms with Crippen LogP contribution in [-0.4, -0.2) is 24.1 Å². The van der Waals surface area contributed by atoms with Crippen molar-refractivity contribution in [1.29, 1.82) is 0 Å². The average Bonchev–Trinajstić information content (AvgIpc) is 2.52. The molecule has 0 aliphatic carbocycles. The lowest BCUT2D eigenvalue weighted by atomic mass is 10.5. The summed E-state index contributed by atoms with van der Waals surface area (Å²) in [6.45, 7) is -0.584. The molecular weight excluding hydrogens is 151 g/mol. The van der Waals surface area contributed by atoms with Gasteiger partial charge in [-0.2, -0.15) is 0 Å². The van der Waals surface area contributed by atoms with Crippen molar-refractivity contribution in [2.45, 2.75) is 0 Å². The molecular formula is C6H7FN2O2. The van der Waals surface area contributed by atoms with E-state index in [1.54, 1.807) is 0 Å². The number of carbonyl (C=O) groups is 1. The molecule has 0 unspecified atom stereocenters. The summed E-state index contributed by atoms with van der Waals surface area (Å²) in [6, 6.07) is 0. The molecule has 0 spiro atoms. The molecule has 1 heterocycles. The number of hydrogen-bond donors (Lipinski definition) is 1. The number of oxazole rings is 1. The van der Waals surface area contributed by atoms with Crippen LogP contribution in [0.25, 0.3) is 0 Å². The minimum atomic E-state index is -0.583. The Labute approximate surface area is 62.4 Å². The number of amides is 1. The van der Waals surface area contributed by atoms with E-state index in [1.807, 2.05) is 0 Å². The molecule has 5 heteroatoms. The van der Waals surface area contributed by atoms with Crippen LogP contribution in [0.5, 0.6) is 0 Å². The van der Waals surface area contributed by atoms with Crippen molar-refractivity contribution in [2.24, 2.45) is 0 Å². The zero-order chi connectivity index (χ0) is 8.10. The van der Waals surface area contributed by atoms with E-state index in [4.69, 9.17) is 0 Å². The first-order chi connectivity index (χ1) is 5.34. The monoisotopic (exact) mass is 158 g/mol. The summed E-state index contributed by atoms with van der Waals surface area (Å²) >= 11 is 0. The smallest absolute Gasteiger partial charge is 0.288 e. The summed E-state index contributed by atoms with van der Waals surface area (Å²) in [5.74, 6) is -0.349. The maximum atomic E-state index is 11.5. The SMILES string of the molecule is O=C(NCCF)c1cnco1. The fraction of sp³-hybridized carbons (Fsp3) is 0.333. The van der Waals surface area contributed by atoms with Crippen molar-refractivity contribution in [3.8, 4) is 0 Å². The van der Waals surface area contributed by atoms with Gasteiger partial charge in [0.05, 0.1) is 6.20 Å². The summed E-state index contributed by atoms with van der Waals surface area (Å²) in [5.41, 5.74) is 0. The highest BCUT2D eigenvalue weighted by Gasteiger charge is 2.06. The molecule has 0 aromatic carbocycles. The van der Waals surface area contributed by atoms with Gasteiger partial charge in [0.15, 0.2) is 6.39 Å². The fourth-order valence-electron chi connectivity index (χ4n) is 0.576. The van der Waals surface area contributed by atoms with Crippen LogP contribution in [0.3, 0.4) is 0 Å². The second-order valence-corrected chi connectivity index (χ2v) is 1.81. The van der Waals surface area contributed by atoms with Crippen LogP contribution < -0.4 is 5.32 Å². The van der Waals surface area contributed by atoms with E-state index in [1.165, 1.54) is 6.20 Å². The first kappa shape index (κ1) is 7.71. The molecule has 0 radical (unpaired) electrons. The van der Waals surface area contributed by atoms with Crippen molar-refractivity contribution in [1.82, 2.24) is 10.3 Å². The van der Waals surface area contributed by atoms with E-state index in [-0.39, 0.29) is 12.3 Å². The van der Waals surface area contributed by atoms with Gasteiger partial charge >= 0.3 is 0 Å². The van der Waals surface area contributed by atoms with Crippen LogP contribution in [0.2, 0.25) is 0 Å². The molecule has 4 nitrogen and oxygen atoms in total. The third-order valence-corrected chi connectivity index (χ3v) is 1.04. The summed E-state index contributed by atoms with van der Waals surface area (Å²) in [4.78, 5) is 14.4. The molecule has 1 rings (SSSR count). The Morgan fingerprint density at radius 2 is 2.64 bits per heavy atom. The molecule has 0 bridgehead atoms. The molecule has 60 valence electrons. The van der Waals surface area contributed by atoms with Crippen molar-refractivity contribution >= 4 is 5.91 Å². The van der Waals surface area contributed by atoms with Gasteiger partial charge in [0.2, 0.25) is 5.76 Å². The molecule has 1 N–H and O–H groups in total. The second kappa shape index (κ2) is 3.70. The predicted molar refractivity (Wildman–Crippen MR) is 34.8 cm³/mol. The number of halogens is 1. The third kappa shape index (κ3) is 2.03. The number of alkyl halides is 1. The van der Waals surface area contributed by atoms with Gasteiger partial charge in [-0.05, 0) is 0 Å². The van der Waals surface area contributed by atoms with Crippen molar-refractivity contribution < 1.29 is 13.6 Å². The van der Waals surface area contributed by atoms with Gasteiger partial charge in [0.1, 0.15) is 6.67 Å². The summed E-state index contributed by atoms with van der Waals surface area (Å²) in [5, 5.41) is 2.29. The maximum Gasteiger partial charge on any atom is 0.288 e. The molecule has 0 fully saturated rings. The largest absolute Gasteiger partial charge is 0.438 e. The first-order valence-corrected chi connectivity index (χ1v) is 3.07. The number of carbonyl (C=O) groups excluding carboxylic acids is 1. The zero-order valence-corrected chi connectivity index (χ0v) is 5.71. The van der Waals surface area contributed by atoms with E-state index < -0.39 is 12.6 Å². The van der Waals surface area contributed by atoms with Crippen LogP contribution in [-0.2, 0) is 0 Å². The maximum absolute atomic E-state index is 11.5. The Kier molecular flexibility index (Phi) is 2.59. The minimum Gasteiger partial charge on any atom is -0.438 e. The van der Waals surface area contributed by atoms with Gasteiger partial charge in [-0.3, -0.25) is 4.79 Å². The highest BCUT2D eigenvalue weighted by Crippen LogP contribution is 1.94. The molecule has 1 aromatic rings. The van der Waals surface area contributed by atoms with Crippen molar-refractivity contribution in [3.63, 3.8) is 0 Å². The molecule has 0 saturated heterocycles. The lowest BCUT2D eigenvalue weighted by molar-refractivity contribution is 0.0923. The fourth-order valence-corrected chi connectivity index (χ4v) is 0.576. The van der Waals surface area contributed by atoms with Gasteiger partial charge in [0, 0.05) is 6.54 Å². The summed E-state index contributed by atoms with van der Waals surface area (Å²) in [6.07, 6.45) is 2.41. The highest BCUT2D eigenvalue weighted by atomic mass is 19.1. The van der Waals surface area contributed by atoms with E-state index in [0.717, 1.165) is 6.39 Å².